The number of halogens is 4. The second kappa shape index (κ2) is 5.86. The van der Waals surface area contributed by atoms with Crippen molar-refractivity contribution in [3.63, 3.8) is 0 Å². The van der Waals surface area contributed by atoms with Gasteiger partial charge in [-0.25, -0.2) is 9.37 Å². The van der Waals surface area contributed by atoms with Gasteiger partial charge in [-0.1, -0.05) is 6.07 Å². The van der Waals surface area contributed by atoms with E-state index in [0.717, 1.165) is 12.3 Å². The molecule has 0 aliphatic rings. The van der Waals surface area contributed by atoms with E-state index < -0.39 is 17.7 Å². The summed E-state index contributed by atoms with van der Waals surface area (Å²) in [5.41, 5.74) is -0.569. The highest BCUT2D eigenvalue weighted by molar-refractivity contribution is 5.60. The molecule has 1 aromatic heterocycles. The molecule has 110 valence electrons. The molecule has 0 radical (unpaired) electrons. The summed E-state index contributed by atoms with van der Waals surface area (Å²) in [6.07, 6.45) is -2.70. The van der Waals surface area contributed by atoms with Crippen molar-refractivity contribution >= 4 is 6.41 Å². The number of nitrogens with zero attached hydrogens (tertiary/aromatic N) is 2. The van der Waals surface area contributed by atoms with Crippen molar-refractivity contribution in [3.05, 3.63) is 47.7 Å². The highest BCUT2D eigenvalue weighted by atomic mass is 19.4. The van der Waals surface area contributed by atoms with Crippen LogP contribution in [0.4, 0.5) is 17.6 Å². The minimum atomic E-state index is -4.60. The number of nitrogens with one attached hydrogen (secondary N) is 1. The van der Waals surface area contributed by atoms with Crippen molar-refractivity contribution < 1.29 is 22.4 Å². The monoisotopic (exact) mass is 299 g/mol. The molecule has 2 aromatic rings. The van der Waals surface area contributed by atoms with Crippen molar-refractivity contribution in [1.29, 1.82) is 0 Å². The lowest BCUT2D eigenvalue weighted by Crippen LogP contribution is -2.10. The first-order valence-corrected chi connectivity index (χ1v) is 5.77. The molecule has 1 aromatic carbocycles. The Morgan fingerprint density at radius 1 is 1.19 bits per heavy atom. The van der Waals surface area contributed by atoms with Gasteiger partial charge in [-0.15, -0.1) is 0 Å². The van der Waals surface area contributed by atoms with Gasteiger partial charge in [-0.3, -0.25) is 9.78 Å². The Labute approximate surface area is 116 Å². The maximum atomic E-state index is 13.7. The Morgan fingerprint density at radius 2 is 1.95 bits per heavy atom. The molecule has 0 atom stereocenters. The van der Waals surface area contributed by atoms with Gasteiger partial charge >= 0.3 is 6.18 Å². The molecule has 0 saturated heterocycles. The summed E-state index contributed by atoms with van der Waals surface area (Å²) in [5, 5.41) is 2.40. The number of carbonyl (C=O) groups is 1. The molecule has 2 rings (SSSR count). The minimum absolute atomic E-state index is 0.0152. The van der Waals surface area contributed by atoms with Crippen LogP contribution >= 0.6 is 0 Å². The van der Waals surface area contributed by atoms with Gasteiger partial charge < -0.3 is 5.32 Å². The van der Waals surface area contributed by atoms with E-state index in [1.54, 1.807) is 0 Å². The summed E-state index contributed by atoms with van der Waals surface area (Å²) in [4.78, 5) is 17.0. The third kappa shape index (κ3) is 3.53. The first-order chi connectivity index (χ1) is 9.91. The number of rotatable bonds is 4. The van der Waals surface area contributed by atoms with Gasteiger partial charge in [-0.2, -0.15) is 13.2 Å². The number of hydrogen-bond donors (Lipinski definition) is 1. The van der Waals surface area contributed by atoms with Crippen LogP contribution in [0, 0.1) is 5.82 Å². The molecular formula is C13H9F4N3O. The Hall–Kier alpha value is -2.51. The van der Waals surface area contributed by atoms with Crippen LogP contribution in [0.3, 0.4) is 0 Å². The first kappa shape index (κ1) is 14.9. The average molecular weight is 299 g/mol. The molecule has 0 aliphatic heterocycles. The third-order valence-corrected chi connectivity index (χ3v) is 2.64. The van der Waals surface area contributed by atoms with Gasteiger partial charge in [0.1, 0.15) is 5.82 Å². The fourth-order valence-electron chi connectivity index (χ4n) is 1.65. The van der Waals surface area contributed by atoms with Crippen LogP contribution < -0.4 is 5.32 Å². The highest BCUT2D eigenvalue weighted by Gasteiger charge is 2.32. The Bertz CT molecular complexity index is 641. The van der Waals surface area contributed by atoms with Gasteiger partial charge in [0.05, 0.1) is 18.1 Å². The SMILES string of the molecule is O=CNCc1ccc(F)c(-c2cnc(C(F)(F)F)cn2)c1. The van der Waals surface area contributed by atoms with Crippen molar-refractivity contribution in [2.24, 2.45) is 0 Å². The van der Waals surface area contributed by atoms with Gasteiger partial charge in [0.25, 0.3) is 0 Å². The number of benzene rings is 1. The van der Waals surface area contributed by atoms with E-state index in [1.807, 2.05) is 0 Å². The van der Waals surface area contributed by atoms with Gasteiger partial charge in [0, 0.05) is 12.1 Å². The molecular weight excluding hydrogens is 290 g/mol. The fraction of sp³-hybridized carbons (Fsp3) is 0.154. The zero-order valence-corrected chi connectivity index (χ0v) is 10.5. The Balaban J connectivity index is 2.34. The molecule has 0 bridgehead atoms. The molecule has 0 saturated carbocycles. The fourth-order valence-corrected chi connectivity index (χ4v) is 1.65. The van der Waals surface area contributed by atoms with Crippen LogP contribution in [0.15, 0.2) is 30.6 Å². The van der Waals surface area contributed by atoms with Crippen LogP contribution in [0.25, 0.3) is 11.3 Å². The van der Waals surface area contributed by atoms with Crippen molar-refractivity contribution in [2.75, 3.05) is 0 Å². The summed E-state index contributed by atoms with van der Waals surface area (Å²) in [7, 11) is 0. The maximum absolute atomic E-state index is 13.7. The lowest BCUT2D eigenvalue weighted by atomic mass is 10.1. The van der Waals surface area contributed by atoms with Crippen LogP contribution in [-0.2, 0) is 17.5 Å². The molecule has 0 unspecified atom stereocenters. The lowest BCUT2D eigenvalue weighted by molar-refractivity contribution is -0.141. The Kier molecular flexibility index (Phi) is 4.15. The molecule has 8 heteroatoms. The zero-order valence-electron chi connectivity index (χ0n) is 10.5. The van der Waals surface area contributed by atoms with E-state index in [-0.39, 0.29) is 17.8 Å². The highest BCUT2D eigenvalue weighted by Crippen LogP contribution is 2.28. The molecule has 1 heterocycles. The number of hydrogen-bond acceptors (Lipinski definition) is 3. The summed E-state index contributed by atoms with van der Waals surface area (Å²) in [5.74, 6) is -0.640. The Morgan fingerprint density at radius 3 is 2.52 bits per heavy atom. The quantitative estimate of drug-likeness (QED) is 0.697. The van der Waals surface area contributed by atoms with Gasteiger partial charge in [0.2, 0.25) is 6.41 Å². The van der Waals surface area contributed by atoms with Gasteiger partial charge in [-0.05, 0) is 17.7 Å². The molecule has 4 nitrogen and oxygen atoms in total. The lowest BCUT2D eigenvalue weighted by Gasteiger charge is -2.08. The van der Waals surface area contributed by atoms with E-state index in [2.05, 4.69) is 15.3 Å². The van der Waals surface area contributed by atoms with Crippen molar-refractivity contribution in [1.82, 2.24) is 15.3 Å². The van der Waals surface area contributed by atoms with E-state index in [4.69, 9.17) is 0 Å². The molecule has 1 amide bonds. The minimum Gasteiger partial charge on any atom is -0.355 e. The summed E-state index contributed by atoms with van der Waals surface area (Å²) >= 11 is 0. The predicted octanol–water partition coefficient (Wildman–Crippen LogP) is 2.55. The smallest absolute Gasteiger partial charge is 0.355 e. The number of alkyl halides is 3. The van der Waals surface area contributed by atoms with Crippen molar-refractivity contribution in [2.45, 2.75) is 12.7 Å². The van der Waals surface area contributed by atoms with Crippen LogP contribution in [-0.4, -0.2) is 16.4 Å². The standard InChI is InChI=1S/C13H9F4N3O/c14-10-2-1-8(4-18-7-21)3-9(10)11-5-20-12(6-19-11)13(15,16)17/h1-3,5-7H,4H2,(H,18,21). The van der Waals surface area contributed by atoms with Crippen LogP contribution in [0.1, 0.15) is 11.3 Å². The molecule has 0 fully saturated rings. The van der Waals surface area contributed by atoms with E-state index in [1.165, 1.54) is 12.1 Å². The number of carbonyl (C=O) groups excluding carboxylic acids is 1. The maximum Gasteiger partial charge on any atom is 0.434 e. The third-order valence-electron chi connectivity index (χ3n) is 2.64. The predicted molar refractivity (Wildman–Crippen MR) is 65.3 cm³/mol. The molecule has 1 N–H and O–H groups in total. The summed E-state index contributed by atoms with van der Waals surface area (Å²) in [6.45, 7) is 0.171. The van der Waals surface area contributed by atoms with Gasteiger partial charge in [0.15, 0.2) is 5.69 Å². The first-order valence-electron chi connectivity index (χ1n) is 5.77. The number of aromatic nitrogens is 2. The van der Waals surface area contributed by atoms with E-state index in [9.17, 15) is 22.4 Å². The zero-order chi connectivity index (χ0) is 15.5. The topological polar surface area (TPSA) is 54.9 Å². The van der Waals surface area contributed by atoms with E-state index in [0.29, 0.717) is 18.2 Å². The summed E-state index contributed by atoms with van der Waals surface area (Å²) in [6, 6.07) is 3.99. The average Bonchev–Trinajstić information content (AvgIpc) is 2.46. The summed E-state index contributed by atoms with van der Waals surface area (Å²) < 4.78 is 50.9. The molecule has 0 spiro atoms. The molecule has 0 aliphatic carbocycles. The van der Waals surface area contributed by atoms with E-state index >= 15 is 0 Å². The second-order valence-electron chi connectivity index (χ2n) is 4.10. The van der Waals surface area contributed by atoms with Crippen molar-refractivity contribution in [3.8, 4) is 11.3 Å². The second-order valence-corrected chi connectivity index (χ2v) is 4.10. The normalized spacial score (nSPS) is 11.2. The molecule has 21 heavy (non-hydrogen) atoms. The van der Waals surface area contributed by atoms with Crippen LogP contribution in [0.5, 0.6) is 0 Å². The largest absolute Gasteiger partial charge is 0.434 e. The van der Waals surface area contributed by atoms with Crippen LogP contribution in [0.2, 0.25) is 0 Å². The number of amides is 1.